The molecule has 0 aliphatic carbocycles. The standard InChI is InChI=1S/C25H25SSi/c1-4-26-17-20-16-19-11-6-8-14-22(19)24(25(20)27(2)3)23-15-9-12-18-10-5-7-13-21(18)23/h5-16H,4,17H2,1-3H3. The third-order valence-electron chi connectivity index (χ3n) is 5.15. The van der Waals surface area contributed by atoms with Gasteiger partial charge in [-0.05, 0) is 49.2 Å². The van der Waals surface area contributed by atoms with Gasteiger partial charge in [0.25, 0.3) is 0 Å². The molecule has 0 aliphatic rings. The van der Waals surface area contributed by atoms with Gasteiger partial charge in [-0.25, -0.2) is 0 Å². The average molecular weight is 386 g/mol. The van der Waals surface area contributed by atoms with E-state index in [2.05, 4.69) is 92.8 Å². The number of hydrogen-bond acceptors (Lipinski definition) is 1. The van der Waals surface area contributed by atoms with Crippen LogP contribution in [0.2, 0.25) is 13.1 Å². The minimum Gasteiger partial charge on any atom is -0.158 e. The lowest BCUT2D eigenvalue weighted by Crippen LogP contribution is -2.29. The van der Waals surface area contributed by atoms with Crippen LogP contribution in [-0.4, -0.2) is 14.5 Å². The highest BCUT2D eigenvalue weighted by Gasteiger charge is 2.19. The molecule has 2 heteroatoms. The Morgan fingerprint density at radius 1 is 0.778 bits per heavy atom. The smallest absolute Gasteiger partial charge is 0.0804 e. The molecule has 4 aromatic rings. The summed E-state index contributed by atoms with van der Waals surface area (Å²) in [5.74, 6) is 2.26. The van der Waals surface area contributed by atoms with Crippen molar-refractivity contribution >= 4 is 47.3 Å². The van der Waals surface area contributed by atoms with E-state index in [1.165, 1.54) is 38.2 Å². The molecule has 0 aliphatic heterocycles. The fourth-order valence-electron chi connectivity index (χ4n) is 4.03. The van der Waals surface area contributed by atoms with E-state index < -0.39 is 8.80 Å². The van der Waals surface area contributed by atoms with Crippen molar-refractivity contribution in [1.82, 2.24) is 0 Å². The zero-order chi connectivity index (χ0) is 18.8. The molecular formula is C25H25SSi. The van der Waals surface area contributed by atoms with E-state index >= 15 is 0 Å². The number of benzene rings is 4. The molecule has 0 N–H and O–H groups in total. The van der Waals surface area contributed by atoms with Gasteiger partial charge < -0.3 is 0 Å². The topological polar surface area (TPSA) is 0 Å². The van der Waals surface area contributed by atoms with Crippen LogP contribution in [0.1, 0.15) is 12.5 Å². The van der Waals surface area contributed by atoms with E-state index in [0.29, 0.717) is 0 Å². The second-order valence-corrected chi connectivity index (χ2v) is 10.9. The Bertz CT molecular complexity index is 1090. The van der Waals surface area contributed by atoms with Gasteiger partial charge in [0, 0.05) is 5.75 Å². The monoisotopic (exact) mass is 385 g/mol. The lowest BCUT2D eigenvalue weighted by atomic mass is 9.92. The Hall–Kier alpha value is -2.03. The van der Waals surface area contributed by atoms with E-state index in [1.807, 2.05) is 11.8 Å². The van der Waals surface area contributed by atoms with Crippen molar-refractivity contribution in [2.75, 3.05) is 5.75 Å². The molecule has 0 spiro atoms. The normalized spacial score (nSPS) is 11.6. The van der Waals surface area contributed by atoms with E-state index in [-0.39, 0.29) is 0 Å². The Balaban J connectivity index is 2.12. The van der Waals surface area contributed by atoms with Crippen molar-refractivity contribution < 1.29 is 0 Å². The first-order chi connectivity index (χ1) is 13.2. The minimum atomic E-state index is -0.620. The van der Waals surface area contributed by atoms with Crippen LogP contribution in [0.25, 0.3) is 32.7 Å². The van der Waals surface area contributed by atoms with Gasteiger partial charge in [-0.2, -0.15) is 11.8 Å². The SMILES string of the molecule is CCSCc1cc2ccccc2c(-c2cccc3ccccc23)c1[Si](C)C. The van der Waals surface area contributed by atoms with Crippen molar-refractivity contribution in [2.45, 2.75) is 25.8 Å². The fraction of sp³-hybridized carbons (Fsp3) is 0.200. The molecule has 0 heterocycles. The molecule has 27 heavy (non-hydrogen) atoms. The Morgan fingerprint density at radius 2 is 1.44 bits per heavy atom. The second-order valence-electron chi connectivity index (χ2n) is 7.17. The molecular weight excluding hydrogens is 360 g/mol. The Morgan fingerprint density at radius 3 is 2.19 bits per heavy atom. The number of fused-ring (bicyclic) bond motifs is 2. The number of hydrogen-bond donors (Lipinski definition) is 0. The number of thioether (sulfide) groups is 1. The van der Waals surface area contributed by atoms with Gasteiger partial charge in [-0.15, -0.1) is 0 Å². The van der Waals surface area contributed by atoms with Crippen LogP contribution < -0.4 is 5.19 Å². The van der Waals surface area contributed by atoms with Gasteiger partial charge >= 0.3 is 0 Å². The maximum Gasteiger partial charge on any atom is 0.0804 e. The van der Waals surface area contributed by atoms with E-state index in [1.54, 1.807) is 5.19 Å². The maximum atomic E-state index is 2.44. The lowest BCUT2D eigenvalue weighted by molar-refractivity contribution is 1.43. The van der Waals surface area contributed by atoms with Crippen molar-refractivity contribution in [2.24, 2.45) is 0 Å². The molecule has 0 aromatic heterocycles. The van der Waals surface area contributed by atoms with Crippen molar-refractivity contribution in [3.63, 3.8) is 0 Å². The molecule has 0 fully saturated rings. The summed E-state index contributed by atoms with van der Waals surface area (Å²) in [6, 6.07) is 26.9. The summed E-state index contributed by atoms with van der Waals surface area (Å²) in [6.45, 7) is 7.12. The highest BCUT2D eigenvalue weighted by Crippen LogP contribution is 2.35. The van der Waals surface area contributed by atoms with E-state index in [4.69, 9.17) is 0 Å². The largest absolute Gasteiger partial charge is 0.158 e. The molecule has 0 bridgehead atoms. The molecule has 135 valence electrons. The third-order valence-corrected chi connectivity index (χ3v) is 7.65. The van der Waals surface area contributed by atoms with E-state index in [0.717, 1.165) is 11.5 Å². The summed E-state index contributed by atoms with van der Waals surface area (Å²) < 4.78 is 0. The van der Waals surface area contributed by atoms with Gasteiger partial charge in [0.2, 0.25) is 0 Å². The Labute approximate surface area is 168 Å². The van der Waals surface area contributed by atoms with Gasteiger partial charge in [0.15, 0.2) is 0 Å². The van der Waals surface area contributed by atoms with Crippen LogP contribution in [0, 0.1) is 0 Å². The van der Waals surface area contributed by atoms with Crippen LogP contribution >= 0.6 is 11.8 Å². The first-order valence-corrected chi connectivity index (χ1v) is 13.3. The number of rotatable bonds is 5. The molecule has 0 saturated carbocycles. The summed E-state index contributed by atoms with van der Waals surface area (Å²) in [4.78, 5) is 0. The van der Waals surface area contributed by atoms with Crippen LogP contribution in [0.15, 0.2) is 72.8 Å². The first kappa shape index (κ1) is 18.3. The quantitative estimate of drug-likeness (QED) is 0.338. The van der Waals surface area contributed by atoms with Crippen LogP contribution in [-0.2, 0) is 5.75 Å². The van der Waals surface area contributed by atoms with Crippen LogP contribution in [0.5, 0.6) is 0 Å². The molecule has 0 amide bonds. The van der Waals surface area contributed by atoms with Crippen molar-refractivity contribution in [3.05, 3.63) is 78.4 Å². The van der Waals surface area contributed by atoms with Gasteiger partial charge in [0.1, 0.15) is 0 Å². The predicted molar refractivity (Wildman–Crippen MR) is 126 cm³/mol. The molecule has 4 rings (SSSR count). The fourth-order valence-corrected chi connectivity index (χ4v) is 6.38. The van der Waals surface area contributed by atoms with Crippen LogP contribution in [0.3, 0.4) is 0 Å². The molecule has 0 atom stereocenters. The molecule has 1 radical (unpaired) electrons. The zero-order valence-corrected chi connectivity index (χ0v) is 18.1. The molecule has 0 unspecified atom stereocenters. The summed E-state index contributed by atoms with van der Waals surface area (Å²) in [5.41, 5.74) is 4.38. The Kier molecular flexibility index (Phi) is 5.37. The summed E-state index contributed by atoms with van der Waals surface area (Å²) in [7, 11) is -0.620. The molecule has 0 nitrogen and oxygen atoms in total. The predicted octanol–water partition coefficient (Wildman–Crippen LogP) is 6.87. The molecule has 4 aromatic carbocycles. The summed E-state index contributed by atoms with van der Waals surface area (Å²) >= 11 is 2.03. The third kappa shape index (κ3) is 3.44. The lowest BCUT2D eigenvalue weighted by Gasteiger charge is -2.21. The highest BCUT2D eigenvalue weighted by atomic mass is 32.2. The maximum absolute atomic E-state index is 2.44. The van der Waals surface area contributed by atoms with Crippen molar-refractivity contribution in [1.29, 1.82) is 0 Å². The van der Waals surface area contributed by atoms with Crippen LogP contribution in [0.4, 0.5) is 0 Å². The molecule has 0 saturated heterocycles. The van der Waals surface area contributed by atoms with E-state index in [9.17, 15) is 0 Å². The highest BCUT2D eigenvalue weighted by molar-refractivity contribution is 7.98. The minimum absolute atomic E-state index is 0.620. The second kappa shape index (κ2) is 7.91. The zero-order valence-electron chi connectivity index (χ0n) is 16.3. The van der Waals surface area contributed by atoms with Gasteiger partial charge in [-0.1, -0.05) is 92.8 Å². The van der Waals surface area contributed by atoms with Crippen molar-refractivity contribution in [3.8, 4) is 11.1 Å². The van der Waals surface area contributed by atoms with Gasteiger partial charge in [-0.3, -0.25) is 0 Å². The first-order valence-electron chi connectivity index (χ1n) is 9.61. The average Bonchev–Trinajstić information content (AvgIpc) is 2.70. The summed E-state index contributed by atoms with van der Waals surface area (Å²) in [6.07, 6.45) is 0. The summed E-state index contributed by atoms with van der Waals surface area (Å²) in [5, 5.41) is 7.03. The van der Waals surface area contributed by atoms with Gasteiger partial charge in [0.05, 0.1) is 8.80 Å².